The van der Waals surface area contributed by atoms with Crippen molar-refractivity contribution in [3.63, 3.8) is 0 Å². The Balaban J connectivity index is 1.58. The fourth-order valence-electron chi connectivity index (χ4n) is 4.46. The number of ketones is 1. The molecule has 4 aromatic rings. The van der Waals surface area contributed by atoms with Crippen molar-refractivity contribution >= 4 is 17.4 Å². The zero-order valence-corrected chi connectivity index (χ0v) is 20.2. The van der Waals surface area contributed by atoms with Crippen LogP contribution in [0.3, 0.4) is 0 Å². The molecule has 186 valence electrons. The van der Waals surface area contributed by atoms with E-state index in [2.05, 4.69) is 0 Å². The van der Waals surface area contributed by atoms with Crippen molar-refractivity contribution in [2.75, 3.05) is 7.11 Å². The number of para-hydroxylation sites is 1. The first-order valence-electron chi connectivity index (χ1n) is 11.8. The SMILES string of the molecule is COc1ccccc1/C(O)=C1/C(=O)C(=O)N(Cc2ccco2)C1c1cccc(OCc2ccccc2)c1. The molecule has 1 saturated heterocycles. The van der Waals surface area contributed by atoms with Crippen LogP contribution in [0.2, 0.25) is 0 Å². The van der Waals surface area contributed by atoms with Crippen molar-refractivity contribution in [2.24, 2.45) is 0 Å². The third kappa shape index (κ3) is 4.84. The van der Waals surface area contributed by atoms with Crippen molar-refractivity contribution < 1.29 is 28.6 Å². The van der Waals surface area contributed by atoms with Crippen LogP contribution >= 0.6 is 0 Å². The highest BCUT2D eigenvalue weighted by Crippen LogP contribution is 2.42. The molecule has 0 bridgehead atoms. The van der Waals surface area contributed by atoms with E-state index in [-0.39, 0.29) is 17.9 Å². The smallest absolute Gasteiger partial charge is 0.296 e. The van der Waals surface area contributed by atoms with Gasteiger partial charge in [-0.05, 0) is 47.5 Å². The second-order valence-electron chi connectivity index (χ2n) is 8.55. The zero-order chi connectivity index (χ0) is 25.8. The number of rotatable bonds is 8. The van der Waals surface area contributed by atoms with Gasteiger partial charge in [-0.2, -0.15) is 0 Å². The van der Waals surface area contributed by atoms with Crippen LogP contribution < -0.4 is 9.47 Å². The van der Waals surface area contributed by atoms with Crippen LogP contribution in [0.1, 0.15) is 28.5 Å². The van der Waals surface area contributed by atoms with E-state index in [0.717, 1.165) is 5.56 Å². The number of aliphatic hydroxyl groups excluding tert-OH is 1. The molecule has 0 radical (unpaired) electrons. The van der Waals surface area contributed by atoms with Gasteiger partial charge >= 0.3 is 0 Å². The number of carbonyl (C=O) groups excluding carboxylic acids is 2. The third-order valence-electron chi connectivity index (χ3n) is 6.23. The molecule has 7 nitrogen and oxygen atoms in total. The molecule has 3 aromatic carbocycles. The molecular formula is C30H25NO6. The minimum Gasteiger partial charge on any atom is -0.507 e. The number of ether oxygens (including phenoxy) is 2. The summed E-state index contributed by atoms with van der Waals surface area (Å²) in [6.45, 7) is 0.415. The van der Waals surface area contributed by atoms with Crippen LogP contribution in [0.15, 0.2) is 107 Å². The molecule has 1 unspecified atom stereocenters. The summed E-state index contributed by atoms with van der Waals surface area (Å²) in [6.07, 6.45) is 1.51. The second-order valence-corrected chi connectivity index (χ2v) is 8.55. The van der Waals surface area contributed by atoms with Gasteiger partial charge in [-0.3, -0.25) is 9.59 Å². The van der Waals surface area contributed by atoms with E-state index in [1.807, 2.05) is 36.4 Å². The number of hydrogen-bond donors (Lipinski definition) is 1. The Bertz CT molecular complexity index is 1440. The molecule has 0 saturated carbocycles. The maximum absolute atomic E-state index is 13.3. The molecule has 37 heavy (non-hydrogen) atoms. The molecule has 0 aliphatic carbocycles. The van der Waals surface area contributed by atoms with Gasteiger partial charge in [-0.15, -0.1) is 0 Å². The summed E-state index contributed by atoms with van der Waals surface area (Å²) in [4.78, 5) is 28.0. The molecule has 1 fully saturated rings. The third-order valence-corrected chi connectivity index (χ3v) is 6.23. The maximum atomic E-state index is 13.3. The lowest BCUT2D eigenvalue weighted by atomic mass is 9.95. The van der Waals surface area contributed by atoms with Crippen molar-refractivity contribution in [1.29, 1.82) is 0 Å². The number of carbonyl (C=O) groups is 2. The molecular weight excluding hydrogens is 470 g/mol. The van der Waals surface area contributed by atoms with Crippen molar-refractivity contribution in [1.82, 2.24) is 4.90 Å². The lowest BCUT2D eigenvalue weighted by Gasteiger charge is -2.25. The summed E-state index contributed by atoms with van der Waals surface area (Å²) in [5.41, 5.74) is 1.92. The minimum absolute atomic E-state index is 0.0266. The molecule has 2 heterocycles. The van der Waals surface area contributed by atoms with Crippen LogP contribution in [0.4, 0.5) is 0 Å². The molecule has 1 aliphatic heterocycles. The van der Waals surface area contributed by atoms with Crippen LogP contribution in [0.25, 0.3) is 5.76 Å². The molecule has 1 aromatic heterocycles. The zero-order valence-electron chi connectivity index (χ0n) is 20.2. The summed E-state index contributed by atoms with van der Waals surface area (Å²) in [6, 6.07) is 26.3. The fraction of sp³-hybridized carbons (Fsp3) is 0.133. The van der Waals surface area contributed by atoms with Crippen LogP contribution in [-0.2, 0) is 22.7 Å². The van der Waals surface area contributed by atoms with E-state index in [9.17, 15) is 14.7 Å². The van der Waals surface area contributed by atoms with E-state index in [1.165, 1.54) is 18.3 Å². The van der Waals surface area contributed by atoms with E-state index >= 15 is 0 Å². The standard InChI is InChI=1S/C30H25NO6/c1-35-25-15-6-5-14-24(25)28(32)26-27(31(30(34)29(26)33)18-23-13-8-16-36-23)21-11-7-12-22(17-21)37-19-20-9-3-2-4-10-20/h2-17,27,32H,18-19H2,1H3/b28-26-. The lowest BCUT2D eigenvalue weighted by Crippen LogP contribution is -2.29. The largest absolute Gasteiger partial charge is 0.507 e. The van der Waals surface area contributed by atoms with Crippen molar-refractivity contribution in [3.8, 4) is 11.5 Å². The van der Waals surface area contributed by atoms with E-state index in [4.69, 9.17) is 13.9 Å². The topological polar surface area (TPSA) is 89.2 Å². The first-order valence-corrected chi connectivity index (χ1v) is 11.8. The summed E-state index contributed by atoms with van der Waals surface area (Å²) < 4.78 is 16.9. The number of likely N-dealkylation sites (tertiary alicyclic amines) is 1. The predicted molar refractivity (Wildman–Crippen MR) is 137 cm³/mol. The number of benzene rings is 3. The van der Waals surface area contributed by atoms with E-state index < -0.39 is 17.7 Å². The van der Waals surface area contributed by atoms with E-state index in [0.29, 0.717) is 35.0 Å². The summed E-state index contributed by atoms with van der Waals surface area (Å²) in [5.74, 6) is -0.346. The molecule has 0 spiro atoms. The first-order chi connectivity index (χ1) is 18.1. The Morgan fingerprint density at radius 1 is 0.946 bits per heavy atom. The Morgan fingerprint density at radius 3 is 2.49 bits per heavy atom. The Hall–Kier alpha value is -4.78. The van der Waals surface area contributed by atoms with Gasteiger partial charge in [0.1, 0.15) is 29.6 Å². The monoisotopic (exact) mass is 495 g/mol. The predicted octanol–water partition coefficient (Wildman–Crippen LogP) is 5.49. The van der Waals surface area contributed by atoms with Crippen LogP contribution in [0.5, 0.6) is 11.5 Å². The Kier molecular flexibility index (Phi) is 6.76. The maximum Gasteiger partial charge on any atom is 0.296 e. The van der Waals surface area contributed by atoms with Gasteiger partial charge in [-0.1, -0.05) is 54.6 Å². The van der Waals surface area contributed by atoms with Crippen LogP contribution in [0, 0.1) is 0 Å². The second kappa shape index (κ2) is 10.5. The molecule has 5 rings (SSSR count). The summed E-state index contributed by atoms with van der Waals surface area (Å²) in [7, 11) is 1.48. The van der Waals surface area contributed by atoms with Crippen LogP contribution in [-0.4, -0.2) is 28.8 Å². The van der Waals surface area contributed by atoms with Crippen molar-refractivity contribution in [2.45, 2.75) is 19.2 Å². The molecule has 1 aliphatic rings. The van der Waals surface area contributed by atoms with Gasteiger partial charge in [-0.25, -0.2) is 0 Å². The lowest BCUT2D eigenvalue weighted by molar-refractivity contribution is -0.140. The molecule has 1 N–H and O–H groups in total. The van der Waals surface area contributed by atoms with Gasteiger partial charge in [0.05, 0.1) is 37.1 Å². The van der Waals surface area contributed by atoms with Gasteiger partial charge in [0.25, 0.3) is 11.7 Å². The highest BCUT2D eigenvalue weighted by Gasteiger charge is 2.46. The number of nitrogens with zero attached hydrogens (tertiary/aromatic N) is 1. The summed E-state index contributed by atoms with van der Waals surface area (Å²) in [5, 5.41) is 11.4. The molecule has 1 atom stereocenters. The molecule has 7 heteroatoms. The quantitative estimate of drug-likeness (QED) is 0.198. The highest BCUT2D eigenvalue weighted by molar-refractivity contribution is 6.46. The first kappa shape index (κ1) is 23.9. The molecule has 1 amide bonds. The van der Waals surface area contributed by atoms with Gasteiger partial charge in [0.2, 0.25) is 0 Å². The van der Waals surface area contributed by atoms with Gasteiger partial charge in [0, 0.05) is 0 Å². The number of Topliss-reactive ketones (excluding diaryl/α,β-unsaturated/α-hetero) is 1. The average Bonchev–Trinajstić information content (AvgIpc) is 3.54. The van der Waals surface area contributed by atoms with Gasteiger partial charge in [0.15, 0.2) is 0 Å². The highest BCUT2D eigenvalue weighted by atomic mass is 16.5. The number of furan rings is 1. The number of amides is 1. The Morgan fingerprint density at radius 2 is 1.73 bits per heavy atom. The average molecular weight is 496 g/mol. The normalized spacial score (nSPS) is 16.7. The number of hydrogen-bond acceptors (Lipinski definition) is 6. The van der Waals surface area contributed by atoms with E-state index in [1.54, 1.807) is 54.6 Å². The fourth-order valence-corrected chi connectivity index (χ4v) is 4.46. The number of aliphatic hydroxyl groups is 1. The minimum atomic E-state index is -0.865. The van der Waals surface area contributed by atoms with Crippen molar-refractivity contribution in [3.05, 3.63) is 125 Å². The Labute approximate surface area is 214 Å². The number of methoxy groups -OCH3 is 1. The summed E-state index contributed by atoms with van der Waals surface area (Å²) >= 11 is 0. The van der Waals surface area contributed by atoms with Gasteiger partial charge < -0.3 is 23.9 Å².